The predicted octanol–water partition coefficient (Wildman–Crippen LogP) is 4.24. The maximum atomic E-state index is 11.3. The summed E-state index contributed by atoms with van der Waals surface area (Å²) in [5.41, 5.74) is 4.93. The number of carboxylic acids is 1. The van der Waals surface area contributed by atoms with Crippen molar-refractivity contribution in [3.63, 3.8) is 0 Å². The van der Waals surface area contributed by atoms with Crippen LogP contribution in [0.1, 0.15) is 37.0 Å². The van der Waals surface area contributed by atoms with Crippen LogP contribution in [0.25, 0.3) is 16.7 Å². The topological polar surface area (TPSA) is 63.6 Å². The molecular formula is C23H20O4. The molecule has 0 amide bonds. The molecule has 2 aromatic carbocycles. The van der Waals surface area contributed by atoms with Crippen molar-refractivity contribution in [2.24, 2.45) is 0 Å². The molecule has 4 nitrogen and oxygen atoms in total. The normalized spacial score (nSPS) is 17.1. The molecule has 136 valence electrons. The van der Waals surface area contributed by atoms with Gasteiger partial charge in [-0.15, -0.1) is 0 Å². The van der Waals surface area contributed by atoms with Gasteiger partial charge in [-0.2, -0.15) is 0 Å². The average Bonchev–Trinajstić information content (AvgIpc) is 2.65. The summed E-state index contributed by atoms with van der Waals surface area (Å²) >= 11 is 0. The van der Waals surface area contributed by atoms with Crippen molar-refractivity contribution in [1.29, 1.82) is 0 Å². The largest absolute Gasteiger partial charge is 0.488 e. The maximum absolute atomic E-state index is 11.3. The van der Waals surface area contributed by atoms with Crippen molar-refractivity contribution in [2.75, 3.05) is 0 Å². The molecular weight excluding hydrogens is 340 g/mol. The van der Waals surface area contributed by atoms with Crippen LogP contribution < -0.4 is 4.74 Å². The maximum Gasteiger partial charge on any atom is 0.336 e. The molecule has 1 aliphatic heterocycles. The van der Waals surface area contributed by atoms with Crippen molar-refractivity contribution in [3.8, 4) is 16.9 Å². The van der Waals surface area contributed by atoms with Crippen LogP contribution in [-0.2, 0) is 22.4 Å². The molecule has 0 bridgehead atoms. The minimum Gasteiger partial charge on any atom is -0.488 e. The Bertz CT molecular complexity index is 1040. The molecule has 1 aliphatic carbocycles. The molecule has 0 unspecified atom stereocenters. The van der Waals surface area contributed by atoms with Crippen LogP contribution in [0.3, 0.4) is 0 Å². The summed E-state index contributed by atoms with van der Waals surface area (Å²) in [5, 5.41) is 9.27. The summed E-state index contributed by atoms with van der Waals surface area (Å²) in [6.45, 7) is 4.20. The van der Waals surface area contributed by atoms with E-state index in [9.17, 15) is 14.7 Å². The lowest BCUT2D eigenvalue weighted by atomic mass is 9.85. The Morgan fingerprint density at radius 2 is 1.81 bits per heavy atom. The Kier molecular flexibility index (Phi) is 4.01. The van der Waals surface area contributed by atoms with Gasteiger partial charge in [-0.1, -0.05) is 30.3 Å². The van der Waals surface area contributed by atoms with Gasteiger partial charge in [0.1, 0.15) is 17.3 Å². The van der Waals surface area contributed by atoms with Crippen LogP contribution in [0.4, 0.5) is 0 Å². The van der Waals surface area contributed by atoms with E-state index in [0.29, 0.717) is 12.0 Å². The fourth-order valence-corrected chi connectivity index (χ4v) is 3.79. The van der Waals surface area contributed by atoms with E-state index in [2.05, 4.69) is 19.9 Å². The number of allylic oxidation sites excluding steroid dienone is 1. The number of carbonyl (C=O) groups excluding carboxylic acids is 1. The standard InChI is InChI=1S/C23H20O4/c1-23(2)10-9-17-12-15(5-8-21(17)27-23)14-3-6-18-16(11-14)4-7-19(22(25)26)20(18)13-24/h3,5-8,11-12H,4,9-10H2,1-2H3,(H,25,26). The van der Waals surface area contributed by atoms with E-state index in [1.165, 1.54) is 5.56 Å². The van der Waals surface area contributed by atoms with E-state index in [0.717, 1.165) is 35.3 Å². The molecule has 0 aromatic heterocycles. The molecule has 4 rings (SSSR count). The summed E-state index contributed by atoms with van der Waals surface area (Å²) in [6, 6.07) is 12.0. The van der Waals surface area contributed by atoms with E-state index in [4.69, 9.17) is 4.74 Å². The number of rotatable bonds is 2. The minimum atomic E-state index is -1.10. The number of carboxylic acid groups (broad SMARTS) is 1. The first kappa shape index (κ1) is 17.3. The zero-order chi connectivity index (χ0) is 19.2. The Morgan fingerprint density at radius 3 is 2.52 bits per heavy atom. The van der Waals surface area contributed by atoms with Crippen molar-refractivity contribution in [1.82, 2.24) is 0 Å². The third-order valence-corrected chi connectivity index (χ3v) is 5.28. The Morgan fingerprint density at radius 1 is 1.11 bits per heavy atom. The van der Waals surface area contributed by atoms with Crippen LogP contribution in [0.5, 0.6) is 5.75 Å². The third-order valence-electron chi connectivity index (χ3n) is 5.28. The van der Waals surface area contributed by atoms with Crippen molar-refractivity contribution < 1.29 is 19.4 Å². The Balaban J connectivity index is 1.71. The van der Waals surface area contributed by atoms with Crippen molar-refractivity contribution in [3.05, 3.63) is 64.7 Å². The van der Waals surface area contributed by atoms with Crippen LogP contribution >= 0.6 is 0 Å². The van der Waals surface area contributed by atoms with E-state index < -0.39 is 5.97 Å². The van der Waals surface area contributed by atoms with Crippen molar-refractivity contribution >= 4 is 17.5 Å². The first-order valence-corrected chi connectivity index (χ1v) is 9.02. The molecule has 27 heavy (non-hydrogen) atoms. The van der Waals surface area contributed by atoms with E-state index in [1.807, 2.05) is 30.3 Å². The number of aliphatic carboxylic acids is 1. The first-order chi connectivity index (χ1) is 12.9. The molecule has 0 spiro atoms. The molecule has 2 aromatic rings. The van der Waals surface area contributed by atoms with Gasteiger partial charge >= 0.3 is 5.97 Å². The van der Waals surface area contributed by atoms with Gasteiger partial charge in [-0.25, -0.2) is 9.59 Å². The number of fused-ring (bicyclic) bond motifs is 2. The fourth-order valence-electron chi connectivity index (χ4n) is 3.79. The monoisotopic (exact) mass is 360 g/mol. The SMILES string of the molecule is CC1(C)CCc2cc(-c3ccc4c(c3)CC=C(C(=O)O)C4=C=O)ccc2O1. The summed E-state index contributed by atoms with van der Waals surface area (Å²) in [4.78, 5) is 22.6. The first-order valence-electron chi connectivity index (χ1n) is 9.02. The fraction of sp³-hybridized carbons (Fsp3) is 0.261. The molecule has 4 heteroatoms. The van der Waals surface area contributed by atoms with Crippen LogP contribution in [-0.4, -0.2) is 22.6 Å². The quantitative estimate of drug-likeness (QED) is 0.814. The molecule has 1 N–H and O–H groups in total. The van der Waals surface area contributed by atoms with Gasteiger partial charge in [0, 0.05) is 0 Å². The van der Waals surface area contributed by atoms with Gasteiger partial charge in [0.05, 0.1) is 11.1 Å². The number of hydrogen-bond donors (Lipinski definition) is 1. The van der Waals surface area contributed by atoms with Gasteiger partial charge in [-0.05, 0) is 73.1 Å². The number of hydrogen-bond acceptors (Lipinski definition) is 3. The number of aryl methyl sites for hydroxylation is 1. The van der Waals surface area contributed by atoms with Gasteiger partial charge in [0.15, 0.2) is 0 Å². The van der Waals surface area contributed by atoms with Crippen LogP contribution in [0.15, 0.2) is 48.0 Å². The molecule has 0 radical (unpaired) electrons. The van der Waals surface area contributed by atoms with E-state index in [-0.39, 0.29) is 16.7 Å². The molecule has 2 aliphatic rings. The highest BCUT2D eigenvalue weighted by Crippen LogP contribution is 2.37. The van der Waals surface area contributed by atoms with Crippen LogP contribution in [0, 0.1) is 0 Å². The number of ether oxygens (including phenoxy) is 1. The Labute approximate surface area is 157 Å². The zero-order valence-corrected chi connectivity index (χ0v) is 15.3. The second-order valence-electron chi connectivity index (χ2n) is 7.66. The van der Waals surface area contributed by atoms with Gasteiger partial charge in [-0.3, -0.25) is 0 Å². The van der Waals surface area contributed by atoms with Crippen LogP contribution in [0.2, 0.25) is 0 Å². The van der Waals surface area contributed by atoms with Gasteiger partial charge < -0.3 is 9.84 Å². The smallest absolute Gasteiger partial charge is 0.336 e. The molecule has 0 atom stereocenters. The highest BCUT2D eigenvalue weighted by molar-refractivity contribution is 6.14. The van der Waals surface area contributed by atoms with Gasteiger partial charge in [0.25, 0.3) is 0 Å². The molecule has 0 fully saturated rings. The lowest BCUT2D eigenvalue weighted by Gasteiger charge is -2.32. The Hall–Kier alpha value is -3.10. The third kappa shape index (κ3) is 3.09. The molecule has 1 heterocycles. The zero-order valence-electron chi connectivity index (χ0n) is 15.3. The summed E-state index contributed by atoms with van der Waals surface area (Å²) < 4.78 is 6.05. The molecule has 0 saturated carbocycles. The lowest BCUT2D eigenvalue weighted by molar-refractivity contribution is -0.132. The lowest BCUT2D eigenvalue weighted by Crippen LogP contribution is -2.32. The summed E-state index contributed by atoms with van der Waals surface area (Å²) in [6.07, 6.45) is 4.02. The second kappa shape index (κ2) is 6.26. The van der Waals surface area contributed by atoms with E-state index >= 15 is 0 Å². The molecule has 0 saturated heterocycles. The van der Waals surface area contributed by atoms with E-state index in [1.54, 1.807) is 12.0 Å². The van der Waals surface area contributed by atoms with Crippen molar-refractivity contribution in [2.45, 2.75) is 38.7 Å². The van der Waals surface area contributed by atoms with Gasteiger partial charge in [0.2, 0.25) is 0 Å². The number of carbonyl (C=O) groups is 1. The highest BCUT2D eigenvalue weighted by Gasteiger charge is 2.27. The summed E-state index contributed by atoms with van der Waals surface area (Å²) in [5.74, 6) is 1.64. The second-order valence-corrected chi connectivity index (χ2v) is 7.66. The minimum absolute atomic E-state index is 0.0267. The number of benzene rings is 2. The summed E-state index contributed by atoms with van der Waals surface area (Å²) in [7, 11) is 0. The average molecular weight is 360 g/mol. The predicted molar refractivity (Wildman–Crippen MR) is 103 cm³/mol. The highest BCUT2D eigenvalue weighted by atomic mass is 16.5.